The average molecular weight is 384 g/mol. The number of aliphatic hydroxyl groups excluding tert-OH is 1. The van der Waals surface area contributed by atoms with Gasteiger partial charge in [0, 0.05) is 12.7 Å². The molecule has 0 unspecified atom stereocenters. The largest absolute Gasteiger partial charge is 0.508 e. The van der Waals surface area contributed by atoms with Gasteiger partial charge in [-0.25, -0.2) is 14.6 Å². The van der Waals surface area contributed by atoms with Crippen LogP contribution in [0.2, 0.25) is 0 Å². The van der Waals surface area contributed by atoms with E-state index in [9.17, 15) is 19.8 Å². The van der Waals surface area contributed by atoms with Gasteiger partial charge in [-0.3, -0.25) is 9.59 Å². The summed E-state index contributed by atoms with van der Waals surface area (Å²) in [4.78, 5) is 36.9. The molecule has 1 amide bonds. The molecule has 3 N–H and O–H groups in total. The zero-order valence-electron chi connectivity index (χ0n) is 15.2. The fourth-order valence-corrected chi connectivity index (χ4v) is 2.70. The standard InChI is InChI=1S/C18H20N6O4/c1-2-23(8-15(26)12-4-3-5-13(25)6-12)18(28)14-7-20-16(22-17(14)27)9-24-11-19-10-21-24/h3-7,10-11,15,25-26H,2,8-9H2,1H3,(H,20,22,27)/t15-/m1/s1. The van der Waals surface area contributed by atoms with Gasteiger partial charge in [0.2, 0.25) is 0 Å². The highest BCUT2D eigenvalue weighted by Gasteiger charge is 2.22. The van der Waals surface area contributed by atoms with Crippen molar-refractivity contribution >= 4 is 5.91 Å². The first-order valence-corrected chi connectivity index (χ1v) is 8.64. The van der Waals surface area contributed by atoms with E-state index in [4.69, 9.17) is 0 Å². The van der Waals surface area contributed by atoms with Gasteiger partial charge in [0.1, 0.15) is 36.3 Å². The fraction of sp³-hybridized carbons (Fsp3) is 0.278. The van der Waals surface area contributed by atoms with Crippen LogP contribution in [0.1, 0.15) is 34.8 Å². The number of phenols is 1. The van der Waals surface area contributed by atoms with Gasteiger partial charge in [-0.2, -0.15) is 5.10 Å². The monoisotopic (exact) mass is 384 g/mol. The minimum Gasteiger partial charge on any atom is -0.508 e. The van der Waals surface area contributed by atoms with Crippen molar-refractivity contribution in [3.63, 3.8) is 0 Å². The summed E-state index contributed by atoms with van der Waals surface area (Å²) < 4.78 is 1.49. The third-order valence-corrected chi connectivity index (χ3v) is 4.18. The second-order valence-corrected chi connectivity index (χ2v) is 6.12. The number of H-pyrrole nitrogens is 1. The van der Waals surface area contributed by atoms with Crippen molar-refractivity contribution in [3.05, 3.63) is 70.4 Å². The third kappa shape index (κ3) is 4.41. The number of rotatable bonds is 7. The molecular weight excluding hydrogens is 364 g/mol. The van der Waals surface area contributed by atoms with Crippen LogP contribution in [-0.2, 0) is 6.54 Å². The van der Waals surface area contributed by atoms with Gasteiger partial charge in [-0.1, -0.05) is 12.1 Å². The Morgan fingerprint density at radius 1 is 1.39 bits per heavy atom. The van der Waals surface area contributed by atoms with Gasteiger partial charge in [0.05, 0.1) is 12.6 Å². The van der Waals surface area contributed by atoms with Gasteiger partial charge in [0.25, 0.3) is 11.5 Å². The fourth-order valence-electron chi connectivity index (χ4n) is 2.70. The molecule has 3 aromatic rings. The Labute approximate surface area is 160 Å². The van der Waals surface area contributed by atoms with Gasteiger partial charge in [0.15, 0.2) is 0 Å². The van der Waals surface area contributed by atoms with Crippen molar-refractivity contribution < 1.29 is 15.0 Å². The molecule has 0 aliphatic carbocycles. The number of aromatic nitrogens is 5. The molecule has 0 bridgehead atoms. The highest BCUT2D eigenvalue weighted by molar-refractivity contribution is 5.93. The number of carbonyl (C=O) groups excluding carboxylic acids is 1. The minimum atomic E-state index is -1.00. The normalized spacial score (nSPS) is 11.9. The number of hydrogen-bond acceptors (Lipinski definition) is 7. The molecule has 10 nitrogen and oxygen atoms in total. The number of nitrogens with zero attached hydrogens (tertiary/aromatic N) is 5. The Hall–Kier alpha value is -3.53. The smallest absolute Gasteiger partial charge is 0.263 e. The molecule has 2 aromatic heterocycles. The van der Waals surface area contributed by atoms with E-state index in [2.05, 4.69) is 20.1 Å². The van der Waals surface area contributed by atoms with Crippen LogP contribution in [0.15, 0.2) is 47.9 Å². The molecule has 0 radical (unpaired) electrons. The molecular formula is C18H20N6O4. The number of aliphatic hydroxyl groups is 1. The molecule has 1 aromatic carbocycles. The lowest BCUT2D eigenvalue weighted by Crippen LogP contribution is -2.38. The molecule has 0 spiro atoms. The maximum atomic E-state index is 12.7. The van der Waals surface area contributed by atoms with Crippen LogP contribution in [0.3, 0.4) is 0 Å². The lowest BCUT2D eigenvalue weighted by molar-refractivity contribution is 0.0632. The number of aromatic hydroxyl groups is 1. The molecule has 2 heterocycles. The number of carbonyl (C=O) groups is 1. The second-order valence-electron chi connectivity index (χ2n) is 6.12. The predicted octanol–water partition coefficient (Wildman–Crippen LogP) is 0.311. The summed E-state index contributed by atoms with van der Waals surface area (Å²) in [6.45, 7) is 2.22. The van der Waals surface area contributed by atoms with Crippen LogP contribution >= 0.6 is 0 Å². The van der Waals surface area contributed by atoms with E-state index in [1.807, 2.05) is 0 Å². The van der Waals surface area contributed by atoms with Crippen LogP contribution in [0.4, 0.5) is 0 Å². The Morgan fingerprint density at radius 2 is 2.21 bits per heavy atom. The lowest BCUT2D eigenvalue weighted by Gasteiger charge is -2.24. The minimum absolute atomic E-state index is 0.0227. The molecule has 0 saturated carbocycles. The van der Waals surface area contributed by atoms with Crippen molar-refractivity contribution in [1.29, 1.82) is 0 Å². The predicted molar refractivity (Wildman–Crippen MR) is 98.6 cm³/mol. The molecule has 0 fully saturated rings. The topological polar surface area (TPSA) is 137 Å². The Morgan fingerprint density at radius 3 is 2.86 bits per heavy atom. The quantitative estimate of drug-likeness (QED) is 0.533. The van der Waals surface area contributed by atoms with Crippen molar-refractivity contribution in [3.8, 4) is 5.75 Å². The van der Waals surface area contributed by atoms with Gasteiger partial charge < -0.3 is 20.1 Å². The third-order valence-electron chi connectivity index (χ3n) is 4.18. The zero-order chi connectivity index (χ0) is 20.1. The van der Waals surface area contributed by atoms with Crippen LogP contribution in [0.5, 0.6) is 5.75 Å². The molecule has 10 heteroatoms. The van der Waals surface area contributed by atoms with Crippen LogP contribution in [0, 0.1) is 0 Å². The van der Waals surface area contributed by atoms with Crippen molar-refractivity contribution in [2.75, 3.05) is 13.1 Å². The summed E-state index contributed by atoms with van der Waals surface area (Å²) >= 11 is 0. The number of hydrogen-bond donors (Lipinski definition) is 3. The number of amides is 1. The zero-order valence-corrected chi connectivity index (χ0v) is 15.2. The first-order chi connectivity index (χ1) is 13.5. The highest BCUT2D eigenvalue weighted by Crippen LogP contribution is 2.19. The first-order valence-electron chi connectivity index (χ1n) is 8.64. The summed E-state index contributed by atoms with van der Waals surface area (Å²) in [7, 11) is 0. The Kier molecular flexibility index (Phi) is 5.80. The molecule has 1 atom stereocenters. The van der Waals surface area contributed by atoms with Crippen molar-refractivity contribution in [1.82, 2.24) is 29.6 Å². The summed E-state index contributed by atoms with van der Waals surface area (Å²) in [5.41, 5.74) is -0.214. The lowest BCUT2D eigenvalue weighted by atomic mass is 10.1. The summed E-state index contributed by atoms with van der Waals surface area (Å²) in [6.07, 6.45) is 3.07. The van der Waals surface area contributed by atoms with E-state index in [0.29, 0.717) is 11.4 Å². The number of likely N-dealkylation sites (N-methyl/N-ethyl adjacent to an activating group) is 1. The van der Waals surface area contributed by atoms with Gasteiger partial charge in [-0.15, -0.1) is 0 Å². The molecule has 3 rings (SSSR count). The Bertz CT molecular complexity index is 1000. The average Bonchev–Trinajstić information content (AvgIpc) is 3.18. The van der Waals surface area contributed by atoms with Crippen LogP contribution in [0.25, 0.3) is 0 Å². The van der Waals surface area contributed by atoms with Crippen molar-refractivity contribution in [2.45, 2.75) is 19.6 Å². The number of nitrogens with one attached hydrogen (secondary N) is 1. The molecule has 0 aliphatic heterocycles. The summed E-state index contributed by atoms with van der Waals surface area (Å²) in [5.74, 6) is -0.174. The summed E-state index contributed by atoms with van der Waals surface area (Å²) in [5, 5.41) is 23.8. The highest BCUT2D eigenvalue weighted by atomic mass is 16.3. The Balaban J connectivity index is 1.74. The maximum Gasteiger partial charge on any atom is 0.263 e. The van der Waals surface area contributed by atoms with E-state index in [-0.39, 0.29) is 30.9 Å². The number of benzene rings is 1. The summed E-state index contributed by atoms with van der Waals surface area (Å²) in [6, 6.07) is 6.17. The van der Waals surface area contributed by atoms with E-state index in [0.717, 1.165) is 0 Å². The van der Waals surface area contributed by atoms with E-state index in [1.165, 1.54) is 40.6 Å². The van der Waals surface area contributed by atoms with E-state index in [1.54, 1.807) is 19.1 Å². The molecule has 0 saturated heterocycles. The number of aromatic amines is 1. The van der Waals surface area contributed by atoms with Crippen LogP contribution < -0.4 is 5.56 Å². The SMILES string of the molecule is CCN(C[C@@H](O)c1cccc(O)c1)C(=O)c1cnc(Cn2cncn2)[nH]c1=O. The molecule has 146 valence electrons. The first kappa shape index (κ1) is 19.2. The molecule has 28 heavy (non-hydrogen) atoms. The van der Waals surface area contributed by atoms with E-state index >= 15 is 0 Å². The van der Waals surface area contributed by atoms with Crippen molar-refractivity contribution in [2.24, 2.45) is 0 Å². The maximum absolute atomic E-state index is 12.7. The van der Waals surface area contributed by atoms with E-state index < -0.39 is 17.6 Å². The van der Waals surface area contributed by atoms with Crippen LogP contribution in [-0.4, -0.2) is 58.8 Å². The second kappa shape index (κ2) is 8.44. The number of phenolic OH excluding ortho intramolecular Hbond substituents is 1. The molecule has 0 aliphatic rings. The van der Waals surface area contributed by atoms with Gasteiger partial charge >= 0.3 is 0 Å². The van der Waals surface area contributed by atoms with Gasteiger partial charge in [-0.05, 0) is 24.6 Å².